The molecule has 0 aliphatic rings. The van der Waals surface area contributed by atoms with Crippen LogP contribution in [0.5, 0.6) is 0 Å². The summed E-state index contributed by atoms with van der Waals surface area (Å²) in [5.74, 6) is 0. The van der Waals surface area contributed by atoms with Crippen LogP contribution in [-0.2, 0) is 0 Å². The molecule has 0 amide bonds. The smallest absolute Gasteiger partial charge is 0.0957 e. The minimum Gasteiger partial charge on any atom is -0.387 e. The van der Waals surface area contributed by atoms with Gasteiger partial charge in [-0.05, 0) is 31.9 Å². The summed E-state index contributed by atoms with van der Waals surface area (Å²) in [6.45, 7) is 8.31. The van der Waals surface area contributed by atoms with Gasteiger partial charge in [-0.2, -0.15) is 0 Å². The van der Waals surface area contributed by atoms with Gasteiger partial charge >= 0.3 is 0 Å². The van der Waals surface area contributed by atoms with Crippen LogP contribution in [0.2, 0.25) is 0 Å². The lowest BCUT2D eigenvalue weighted by Gasteiger charge is -2.22. The van der Waals surface area contributed by atoms with E-state index in [1.54, 1.807) is 0 Å². The number of anilines is 1. The van der Waals surface area contributed by atoms with Crippen molar-refractivity contribution in [2.24, 2.45) is 0 Å². The number of hydrogen-bond donors (Lipinski definition) is 1. The Morgan fingerprint density at radius 3 is 2.50 bits per heavy atom. The van der Waals surface area contributed by atoms with E-state index >= 15 is 0 Å². The van der Waals surface area contributed by atoms with Crippen LogP contribution in [0, 0.1) is 0 Å². The molecule has 90 valence electrons. The molecular formula is C13H22N2O. The molecule has 0 aromatic carbocycles. The van der Waals surface area contributed by atoms with Gasteiger partial charge in [0.25, 0.3) is 0 Å². The summed E-state index contributed by atoms with van der Waals surface area (Å²) in [6, 6.07) is 3.96. The zero-order chi connectivity index (χ0) is 12.0. The molecule has 1 aromatic heterocycles. The van der Waals surface area contributed by atoms with Gasteiger partial charge in [-0.25, -0.2) is 0 Å². The highest BCUT2D eigenvalue weighted by molar-refractivity contribution is 5.44. The van der Waals surface area contributed by atoms with E-state index < -0.39 is 6.10 Å². The summed E-state index contributed by atoms with van der Waals surface area (Å²) in [5, 5.41) is 9.64. The van der Waals surface area contributed by atoms with Crippen molar-refractivity contribution in [1.29, 1.82) is 0 Å². The van der Waals surface area contributed by atoms with Crippen molar-refractivity contribution in [2.75, 3.05) is 18.0 Å². The number of aliphatic hydroxyl groups is 1. The first-order chi connectivity index (χ1) is 7.72. The molecule has 1 heterocycles. The third-order valence-electron chi connectivity index (χ3n) is 2.74. The third-order valence-corrected chi connectivity index (χ3v) is 2.74. The van der Waals surface area contributed by atoms with Crippen LogP contribution in [0.1, 0.15) is 45.4 Å². The minimum atomic E-state index is -0.435. The normalized spacial score (nSPS) is 12.5. The first kappa shape index (κ1) is 13.0. The van der Waals surface area contributed by atoms with E-state index in [9.17, 15) is 5.11 Å². The monoisotopic (exact) mass is 222 g/mol. The maximum atomic E-state index is 9.64. The Bertz CT molecular complexity index is 297. The van der Waals surface area contributed by atoms with E-state index in [2.05, 4.69) is 23.7 Å². The van der Waals surface area contributed by atoms with Crippen LogP contribution in [0.4, 0.5) is 5.69 Å². The van der Waals surface area contributed by atoms with Crippen LogP contribution in [0.25, 0.3) is 0 Å². The molecule has 1 aromatic rings. The average molecular weight is 222 g/mol. The SMILES string of the molecule is CCCN(CC)c1ccc([C@@H](O)CC)nc1. The van der Waals surface area contributed by atoms with Crippen LogP contribution >= 0.6 is 0 Å². The van der Waals surface area contributed by atoms with Gasteiger partial charge in [0.15, 0.2) is 0 Å². The average Bonchev–Trinajstić information content (AvgIpc) is 2.35. The second kappa shape index (κ2) is 6.48. The molecular weight excluding hydrogens is 200 g/mol. The molecule has 1 rings (SSSR count). The number of nitrogens with zero attached hydrogens (tertiary/aromatic N) is 2. The zero-order valence-electron chi connectivity index (χ0n) is 10.5. The van der Waals surface area contributed by atoms with Crippen LogP contribution in [0.15, 0.2) is 18.3 Å². The molecule has 1 N–H and O–H groups in total. The maximum Gasteiger partial charge on any atom is 0.0957 e. The molecule has 0 aliphatic heterocycles. The number of rotatable bonds is 6. The summed E-state index contributed by atoms with van der Waals surface area (Å²) in [6.07, 6.45) is 3.26. The number of pyridine rings is 1. The summed E-state index contributed by atoms with van der Waals surface area (Å²) in [4.78, 5) is 6.60. The lowest BCUT2D eigenvalue weighted by molar-refractivity contribution is 0.169. The van der Waals surface area contributed by atoms with Gasteiger partial charge in [-0.15, -0.1) is 0 Å². The summed E-state index contributed by atoms with van der Waals surface area (Å²) in [7, 11) is 0. The van der Waals surface area contributed by atoms with Crippen LogP contribution in [0.3, 0.4) is 0 Å². The number of aliphatic hydroxyl groups excluding tert-OH is 1. The van der Waals surface area contributed by atoms with Gasteiger partial charge in [-0.1, -0.05) is 13.8 Å². The van der Waals surface area contributed by atoms with Gasteiger partial charge in [0.1, 0.15) is 0 Å². The standard InChI is InChI=1S/C13H22N2O/c1-4-9-15(6-3)11-7-8-12(14-10-11)13(16)5-2/h7-8,10,13,16H,4-6,9H2,1-3H3/t13-/m0/s1. The molecule has 3 heteroatoms. The minimum absolute atomic E-state index is 0.435. The van der Waals surface area contributed by atoms with E-state index in [1.807, 2.05) is 25.3 Å². The van der Waals surface area contributed by atoms with Gasteiger partial charge in [0, 0.05) is 13.1 Å². The molecule has 0 aliphatic carbocycles. The Morgan fingerprint density at radius 2 is 2.06 bits per heavy atom. The van der Waals surface area contributed by atoms with Crippen molar-refractivity contribution in [1.82, 2.24) is 4.98 Å². The van der Waals surface area contributed by atoms with Crippen molar-refractivity contribution < 1.29 is 5.11 Å². The van der Waals surface area contributed by atoms with Crippen molar-refractivity contribution in [3.8, 4) is 0 Å². The largest absolute Gasteiger partial charge is 0.387 e. The van der Waals surface area contributed by atoms with E-state index in [4.69, 9.17) is 0 Å². The first-order valence-electron chi connectivity index (χ1n) is 6.11. The molecule has 1 atom stereocenters. The maximum absolute atomic E-state index is 9.64. The highest BCUT2D eigenvalue weighted by Crippen LogP contribution is 2.18. The molecule has 0 spiro atoms. The second-order valence-electron chi connectivity index (χ2n) is 3.94. The van der Waals surface area contributed by atoms with E-state index in [0.29, 0.717) is 6.42 Å². The lowest BCUT2D eigenvalue weighted by Crippen LogP contribution is -2.23. The second-order valence-corrected chi connectivity index (χ2v) is 3.94. The molecule has 0 unspecified atom stereocenters. The molecule has 0 fully saturated rings. The number of hydrogen-bond acceptors (Lipinski definition) is 3. The Hall–Kier alpha value is -1.09. The predicted molar refractivity (Wildman–Crippen MR) is 67.7 cm³/mol. The van der Waals surface area contributed by atoms with E-state index in [0.717, 1.165) is 30.9 Å². The predicted octanol–water partition coefficient (Wildman–Crippen LogP) is 2.76. The molecule has 3 nitrogen and oxygen atoms in total. The van der Waals surface area contributed by atoms with Gasteiger partial charge < -0.3 is 10.0 Å². The molecule has 0 radical (unpaired) electrons. The van der Waals surface area contributed by atoms with Gasteiger partial charge in [-0.3, -0.25) is 4.98 Å². The Balaban J connectivity index is 2.76. The molecule has 0 saturated heterocycles. The summed E-state index contributed by atoms with van der Waals surface area (Å²) >= 11 is 0. The van der Waals surface area contributed by atoms with Crippen molar-refractivity contribution in [3.63, 3.8) is 0 Å². The van der Waals surface area contributed by atoms with Crippen LogP contribution in [-0.4, -0.2) is 23.2 Å². The topological polar surface area (TPSA) is 36.4 Å². The Labute approximate surface area is 98.1 Å². The molecule has 16 heavy (non-hydrogen) atoms. The van der Waals surface area contributed by atoms with Crippen molar-refractivity contribution in [2.45, 2.75) is 39.7 Å². The first-order valence-corrected chi connectivity index (χ1v) is 6.11. The van der Waals surface area contributed by atoms with Crippen molar-refractivity contribution in [3.05, 3.63) is 24.0 Å². The fourth-order valence-corrected chi connectivity index (χ4v) is 1.73. The summed E-state index contributed by atoms with van der Waals surface area (Å²) in [5.41, 5.74) is 1.90. The van der Waals surface area contributed by atoms with Gasteiger partial charge in [0.05, 0.1) is 23.7 Å². The van der Waals surface area contributed by atoms with E-state index in [1.165, 1.54) is 0 Å². The van der Waals surface area contributed by atoms with E-state index in [-0.39, 0.29) is 0 Å². The highest BCUT2D eigenvalue weighted by Gasteiger charge is 2.08. The fourth-order valence-electron chi connectivity index (χ4n) is 1.73. The molecule has 0 saturated carbocycles. The zero-order valence-corrected chi connectivity index (χ0v) is 10.5. The quantitative estimate of drug-likeness (QED) is 0.804. The third kappa shape index (κ3) is 3.20. The number of aromatic nitrogens is 1. The Kier molecular flexibility index (Phi) is 5.26. The lowest BCUT2D eigenvalue weighted by atomic mass is 10.2. The van der Waals surface area contributed by atoms with Gasteiger partial charge in [0.2, 0.25) is 0 Å². The Morgan fingerprint density at radius 1 is 1.31 bits per heavy atom. The summed E-state index contributed by atoms with van der Waals surface area (Å²) < 4.78 is 0. The highest BCUT2D eigenvalue weighted by atomic mass is 16.3. The van der Waals surface area contributed by atoms with Crippen LogP contribution < -0.4 is 4.90 Å². The van der Waals surface area contributed by atoms with Crippen molar-refractivity contribution >= 4 is 5.69 Å². The fraction of sp³-hybridized carbons (Fsp3) is 0.615. The molecule has 0 bridgehead atoms.